The van der Waals surface area contributed by atoms with Crippen molar-refractivity contribution in [2.24, 2.45) is 5.73 Å². The van der Waals surface area contributed by atoms with Gasteiger partial charge in [0.15, 0.2) is 0 Å². The number of hydrogen-bond donors (Lipinski definition) is 1. The predicted molar refractivity (Wildman–Crippen MR) is 64.8 cm³/mol. The normalized spacial score (nSPS) is 12.6. The zero-order chi connectivity index (χ0) is 13.3. The fraction of sp³-hybridized carbons (Fsp3) is 0.500. The van der Waals surface area contributed by atoms with E-state index in [0.717, 1.165) is 0 Å². The third-order valence-corrected chi connectivity index (χ3v) is 2.70. The van der Waals surface area contributed by atoms with Crippen LogP contribution in [0.15, 0.2) is 18.2 Å². The van der Waals surface area contributed by atoms with Gasteiger partial charge in [0, 0.05) is 5.56 Å². The smallest absolute Gasteiger partial charge is 0.290 e. The van der Waals surface area contributed by atoms with Crippen molar-refractivity contribution in [1.29, 1.82) is 0 Å². The highest BCUT2D eigenvalue weighted by molar-refractivity contribution is 6.32. The van der Waals surface area contributed by atoms with E-state index in [2.05, 4.69) is 0 Å². The van der Waals surface area contributed by atoms with Crippen LogP contribution in [0.3, 0.4) is 0 Å². The quantitative estimate of drug-likeness (QED) is 0.901. The number of hydrogen-bond acceptors (Lipinski definition) is 2. The maximum absolute atomic E-state index is 13.9. The van der Waals surface area contributed by atoms with Crippen LogP contribution in [0.2, 0.25) is 5.02 Å². The summed E-state index contributed by atoms with van der Waals surface area (Å²) in [5.74, 6) is -2.76. The summed E-state index contributed by atoms with van der Waals surface area (Å²) in [7, 11) is 0. The van der Waals surface area contributed by atoms with Gasteiger partial charge in [0.1, 0.15) is 5.75 Å². The molecule has 0 heterocycles. The topological polar surface area (TPSA) is 35.2 Å². The molecule has 0 unspecified atom stereocenters. The summed E-state index contributed by atoms with van der Waals surface area (Å²) in [5.41, 5.74) is 3.61. The molecular formula is C12H16ClF2NO. The van der Waals surface area contributed by atoms with E-state index in [-0.39, 0.29) is 10.6 Å². The molecule has 96 valence electrons. The van der Waals surface area contributed by atoms with Crippen LogP contribution in [0, 0.1) is 0 Å². The average molecular weight is 264 g/mol. The van der Waals surface area contributed by atoms with Crippen LogP contribution in [0.1, 0.15) is 26.3 Å². The summed E-state index contributed by atoms with van der Waals surface area (Å²) in [4.78, 5) is 0. The zero-order valence-corrected chi connectivity index (χ0v) is 10.8. The van der Waals surface area contributed by atoms with E-state index in [0.29, 0.717) is 12.4 Å². The fourth-order valence-corrected chi connectivity index (χ4v) is 1.58. The van der Waals surface area contributed by atoms with Crippen LogP contribution >= 0.6 is 11.6 Å². The Morgan fingerprint density at radius 1 is 1.35 bits per heavy atom. The lowest BCUT2D eigenvalue weighted by molar-refractivity contribution is -0.0672. The average Bonchev–Trinajstić information content (AvgIpc) is 2.19. The van der Waals surface area contributed by atoms with Gasteiger partial charge in [-0.1, -0.05) is 11.6 Å². The molecule has 5 heteroatoms. The van der Waals surface area contributed by atoms with Crippen LogP contribution in [0.5, 0.6) is 5.75 Å². The molecule has 0 saturated carbocycles. The van der Waals surface area contributed by atoms with Crippen molar-refractivity contribution in [3.63, 3.8) is 0 Å². The predicted octanol–water partition coefficient (Wildman–Crippen LogP) is 3.57. The number of ether oxygens (including phenoxy) is 1. The first kappa shape index (κ1) is 14.2. The highest BCUT2D eigenvalue weighted by Gasteiger charge is 2.45. The van der Waals surface area contributed by atoms with Gasteiger partial charge in [-0.3, -0.25) is 0 Å². The van der Waals surface area contributed by atoms with E-state index in [1.54, 1.807) is 6.92 Å². The zero-order valence-electron chi connectivity index (χ0n) is 10.1. The largest absolute Gasteiger partial charge is 0.492 e. The molecular weight excluding hydrogens is 248 g/mol. The molecule has 0 atom stereocenters. The van der Waals surface area contributed by atoms with Crippen LogP contribution in [-0.4, -0.2) is 12.1 Å². The summed E-state index contributed by atoms with van der Waals surface area (Å²) >= 11 is 5.87. The van der Waals surface area contributed by atoms with Crippen LogP contribution in [0.4, 0.5) is 8.78 Å². The van der Waals surface area contributed by atoms with Crippen molar-refractivity contribution >= 4 is 11.6 Å². The van der Waals surface area contributed by atoms with Crippen molar-refractivity contribution in [3.8, 4) is 5.75 Å². The maximum Gasteiger partial charge on any atom is 0.290 e. The van der Waals surface area contributed by atoms with E-state index < -0.39 is 11.5 Å². The highest BCUT2D eigenvalue weighted by Crippen LogP contribution is 2.39. The van der Waals surface area contributed by atoms with Gasteiger partial charge >= 0.3 is 0 Å². The van der Waals surface area contributed by atoms with E-state index in [4.69, 9.17) is 22.1 Å². The van der Waals surface area contributed by atoms with Crippen LogP contribution < -0.4 is 10.5 Å². The second-order valence-corrected chi connectivity index (χ2v) is 4.78. The van der Waals surface area contributed by atoms with Gasteiger partial charge in [-0.05, 0) is 39.0 Å². The summed E-state index contributed by atoms with van der Waals surface area (Å²) in [5, 5.41) is 0.160. The number of nitrogens with two attached hydrogens (primary N) is 1. The van der Waals surface area contributed by atoms with Gasteiger partial charge in [-0.15, -0.1) is 0 Å². The lowest BCUT2D eigenvalue weighted by atomic mass is 9.91. The molecule has 0 saturated heterocycles. The number of benzene rings is 1. The van der Waals surface area contributed by atoms with Gasteiger partial charge in [0.2, 0.25) is 0 Å². The molecule has 1 aromatic carbocycles. The molecule has 17 heavy (non-hydrogen) atoms. The van der Waals surface area contributed by atoms with E-state index >= 15 is 0 Å². The van der Waals surface area contributed by atoms with Gasteiger partial charge in [0.25, 0.3) is 5.92 Å². The monoisotopic (exact) mass is 263 g/mol. The van der Waals surface area contributed by atoms with Gasteiger partial charge in [0.05, 0.1) is 17.2 Å². The third kappa shape index (κ3) is 2.87. The van der Waals surface area contributed by atoms with E-state index in [1.807, 2.05) is 0 Å². The Kier molecular flexibility index (Phi) is 3.99. The summed E-state index contributed by atoms with van der Waals surface area (Å²) in [6.45, 7) is 4.77. The highest BCUT2D eigenvalue weighted by atomic mass is 35.5. The molecule has 2 N–H and O–H groups in total. The minimum absolute atomic E-state index is 0.160. The molecule has 0 aliphatic carbocycles. The first-order valence-corrected chi connectivity index (χ1v) is 5.67. The Labute approximate surface area is 105 Å². The van der Waals surface area contributed by atoms with Crippen molar-refractivity contribution in [1.82, 2.24) is 0 Å². The molecule has 0 aliphatic rings. The SMILES string of the molecule is CCOc1ccc(C(F)(F)C(C)(C)N)cc1Cl. The molecule has 1 aromatic rings. The van der Waals surface area contributed by atoms with Crippen molar-refractivity contribution in [2.45, 2.75) is 32.2 Å². The Morgan fingerprint density at radius 2 is 1.94 bits per heavy atom. The summed E-state index contributed by atoms with van der Waals surface area (Å²) in [6, 6.07) is 3.91. The standard InChI is InChI=1S/C12H16ClF2NO/c1-4-17-10-6-5-8(7-9(10)13)12(14,15)11(2,3)16/h5-7H,4,16H2,1-3H3. The Hall–Kier alpha value is -0.870. The van der Waals surface area contributed by atoms with Crippen molar-refractivity contribution in [3.05, 3.63) is 28.8 Å². The first-order valence-electron chi connectivity index (χ1n) is 5.29. The van der Waals surface area contributed by atoms with Crippen LogP contribution in [0.25, 0.3) is 0 Å². The number of halogens is 3. The minimum Gasteiger partial charge on any atom is -0.492 e. The van der Waals surface area contributed by atoms with Gasteiger partial charge in [-0.2, -0.15) is 8.78 Å². The molecule has 0 aromatic heterocycles. The van der Waals surface area contributed by atoms with Crippen molar-refractivity contribution in [2.75, 3.05) is 6.61 Å². The second kappa shape index (κ2) is 4.78. The summed E-state index contributed by atoms with van der Waals surface area (Å²) < 4.78 is 33.1. The molecule has 0 aliphatic heterocycles. The lowest BCUT2D eigenvalue weighted by Crippen LogP contribution is -2.48. The summed E-state index contributed by atoms with van der Waals surface area (Å²) in [6.07, 6.45) is 0. The molecule has 0 spiro atoms. The maximum atomic E-state index is 13.9. The molecule has 0 fully saturated rings. The van der Waals surface area contributed by atoms with Gasteiger partial charge in [-0.25, -0.2) is 0 Å². The molecule has 2 nitrogen and oxygen atoms in total. The van der Waals surface area contributed by atoms with Gasteiger partial charge < -0.3 is 10.5 Å². The minimum atomic E-state index is -3.15. The van der Waals surface area contributed by atoms with E-state index in [1.165, 1.54) is 32.0 Å². The third-order valence-electron chi connectivity index (χ3n) is 2.40. The molecule has 0 radical (unpaired) electrons. The van der Waals surface area contributed by atoms with Crippen LogP contribution in [-0.2, 0) is 5.92 Å². The first-order chi connectivity index (χ1) is 7.70. The Morgan fingerprint density at radius 3 is 2.35 bits per heavy atom. The second-order valence-electron chi connectivity index (χ2n) is 4.37. The Balaban J connectivity index is 3.13. The Bertz CT molecular complexity index is 402. The van der Waals surface area contributed by atoms with E-state index in [9.17, 15) is 8.78 Å². The fourth-order valence-electron chi connectivity index (χ4n) is 1.34. The number of alkyl halides is 2. The lowest BCUT2D eigenvalue weighted by Gasteiger charge is -2.30. The number of rotatable bonds is 4. The van der Waals surface area contributed by atoms with Crippen molar-refractivity contribution < 1.29 is 13.5 Å². The molecule has 1 rings (SSSR count). The molecule has 0 bridgehead atoms. The molecule has 0 amide bonds.